The van der Waals surface area contributed by atoms with Crippen LogP contribution in [0.15, 0.2) is 115 Å². The van der Waals surface area contributed by atoms with Gasteiger partial charge in [-0.05, 0) is 71.8 Å². The minimum Gasteiger partial charge on any atom is -0.0807 e. The maximum absolute atomic E-state index is 2.57. The fourth-order valence-electron chi connectivity index (χ4n) is 5.62. The molecule has 0 amide bonds. The van der Waals surface area contributed by atoms with E-state index in [-0.39, 0.29) is 0 Å². The predicted molar refractivity (Wildman–Crippen MR) is 165 cm³/mol. The van der Waals surface area contributed by atoms with Crippen molar-refractivity contribution >= 4 is 29.4 Å². The summed E-state index contributed by atoms with van der Waals surface area (Å²) >= 11 is 0. The molecule has 0 heterocycles. The summed E-state index contributed by atoms with van der Waals surface area (Å²) in [5, 5.41) is 4.24. The Morgan fingerprint density at radius 3 is 1.54 bits per heavy atom. The zero-order valence-corrected chi connectivity index (χ0v) is 22.9. The van der Waals surface area contributed by atoms with Crippen LogP contribution in [-0.2, 0) is 0 Å². The summed E-state index contributed by atoms with van der Waals surface area (Å²) in [4.78, 5) is 0. The van der Waals surface area contributed by atoms with E-state index in [1.807, 2.05) is 0 Å². The maximum Gasteiger partial charge on any atom is -0.00724 e. The van der Waals surface area contributed by atoms with Gasteiger partial charge >= 0.3 is 0 Å². The standard InChI is InChI=1S/C36H39P/c1-2-4-6-10-20-30(21-11-7-5-3-1)33-26-16-17-27-34(33)35-28-18-19-29-36(35)37(31-22-12-8-13-23-31)32-24-14-9-15-25-32/h8-9,12-20,22-29H,1-7,10-11,21H2/b30-20+. The second-order valence-corrected chi connectivity index (χ2v) is 12.4. The molecule has 0 unspecified atom stereocenters. The van der Waals surface area contributed by atoms with E-state index in [1.165, 1.54) is 96.8 Å². The van der Waals surface area contributed by atoms with E-state index in [4.69, 9.17) is 0 Å². The number of hydrogen-bond donors (Lipinski definition) is 0. The molecule has 0 aromatic heterocycles. The molecule has 0 bridgehead atoms. The average molecular weight is 503 g/mol. The molecule has 0 N–H and O–H groups in total. The Balaban J connectivity index is 1.59. The van der Waals surface area contributed by atoms with Gasteiger partial charge in [-0.25, -0.2) is 0 Å². The van der Waals surface area contributed by atoms with Gasteiger partial charge in [-0.15, -0.1) is 0 Å². The average Bonchev–Trinajstić information content (AvgIpc) is 2.95. The van der Waals surface area contributed by atoms with Crippen LogP contribution in [0.25, 0.3) is 16.7 Å². The Morgan fingerprint density at radius 1 is 0.405 bits per heavy atom. The molecule has 0 saturated carbocycles. The van der Waals surface area contributed by atoms with Gasteiger partial charge in [0.15, 0.2) is 0 Å². The van der Waals surface area contributed by atoms with Gasteiger partial charge in [0.2, 0.25) is 0 Å². The molecule has 37 heavy (non-hydrogen) atoms. The van der Waals surface area contributed by atoms with E-state index >= 15 is 0 Å². The highest BCUT2D eigenvalue weighted by molar-refractivity contribution is 7.80. The van der Waals surface area contributed by atoms with Crippen LogP contribution in [0.4, 0.5) is 0 Å². The number of allylic oxidation sites excluding steroid dienone is 2. The normalized spacial score (nSPS) is 16.8. The lowest BCUT2D eigenvalue weighted by Crippen LogP contribution is -2.22. The molecule has 1 aliphatic rings. The van der Waals surface area contributed by atoms with Gasteiger partial charge in [0.1, 0.15) is 0 Å². The van der Waals surface area contributed by atoms with Gasteiger partial charge in [0, 0.05) is 0 Å². The highest BCUT2D eigenvalue weighted by Gasteiger charge is 2.21. The number of rotatable bonds is 5. The van der Waals surface area contributed by atoms with Crippen LogP contribution in [0.3, 0.4) is 0 Å². The Bertz CT molecular complexity index is 1230. The first-order valence-corrected chi connectivity index (χ1v) is 15.5. The van der Waals surface area contributed by atoms with Gasteiger partial charge in [-0.1, -0.05) is 154 Å². The molecule has 1 heteroatoms. The van der Waals surface area contributed by atoms with Crippen molar-refractivity contribution in [2.75, 3.05) is 0 Å². The maximum atomic E-state index is 2.57. The van der Waals surface area contributed by atoms with Crippen molar-refractivity contribution in [1.29, 1.82) is 0 Å². The Kier molecular flexibility index (Phi) is 9.41. The monoisotopic (exact) mass is 502 g/mol. The summed E-state index contributed by atoms with van der Waals surface area (Å²) in [5.41, 5.74) is 5.75. The highest BCUT2D eigenvalue weighted by atomic mass is 31.1. The second-order valence-electron chi connectivity index (χ2n) is 10.2. The van der Waals surface area contributed by atoms with Crippen molar-refractivity contribution < 1.29 is 0 Å². The molecule has 4 aromatic carbocycles. The topological polar surface area (TPSA) is 0 Å². The van der Waals surface area contributed by atoms with Crippen LogP contribution < -0.4 is 15.9 Å². The second kappa shape index (κ2) is 13.6. The Hall–Kier alpha value is -2.95. The molecule has 0 nitrogen and oxygen atoms in total. The first-order chi connectivity index (χ1) is 18.4. The summed E-state index contributed by atoms with van der Waals surface area (Å²) in [6, 6.07) is 40.5. The van der Waals surface area contributed by atoms with Gasteiger partial charge in [0.05, 0.1) is 0 Å². The molecular weight excluding hydrogens is 463 g/mol. The van der Waals surface area contributed by atoms with Crippen LogP contribution >= 0.6 is 7.92 Å². The minimum atomic E-state index is -0.663. The predicted octanol–water partition coefficient (Wildman–Crippen LogP) is 9.41. The fourth-order valence-corrected chi connectivity index (χ4v) is 8.09. The molecule has 5 rings (SSSR count). The third kappa shape index (κ3) is 6.68. The molecule has 0 atom stereocenters. The summed E-state index contributed by atoms with van der Waals surface area (Å²) in [6.45, 7) is 0. The minimum absolute atomic E-state index is 0.663. The van der Waals surface area contributed by atoms with Crippen LogP contribution in [0.5, 0.6) is 0 Å². The van der Waals surface area contributed by atoms with Crippen molar-refractivity contribution in [3.8, 4) is 11.1 Å². The zero-order chi connectivity index (χ0) is 25.1. The van der Waals surface area contributed by atoms with E-state index in [0.29, 0.717) is 0 Å². The van der Waals surface area contributed by atoms with Crippen LogP contribution in [0, 0.1) is 0 Å². The first kappa shape index (κ1) is 25.7. The SMILES string of the molecule is C1=C(/c2ccccc2-c2ccccc2P(c2ccccc2)c2ccccc2)CCCCCCCCCC/1. The van der Waals surface area contributed by atoms with Gasteiger partial charge in [0.25, 0.3) is 0 Å². The van der Waals surface area contributed by atoms with E-state index in [2.05, 4.69) is 115 Å². The summed E-state index contributed by atoms with van der Waals surface area (Å²) in [5.74, 6) is 0. The summed E-state index contributed by atoms with van der Waals surface area (Å²) in [7, 11) is -0.663. The quantitative estimate of drug-likeness (QED) is 0.238. The van der Waals surface area contributed by atoms with Crippen molar-refractivity contribution in [1.82, 2.24) is 0 Å². The lowest BCUT2D eigenvalue weighted by molar-refractivity contribution is 0.568. The molecule has 4 aromatic rings. The van der Waals surface area contributed by atoms with Crippen molar-refractivity contribution in [3.63, 3.8) is 0 Å². The smallest absolute Gasteiger partial charge is 0.00724 e. The first-order valence-electron chi connectivity index (χ1n) is 14.2. The summed E-state index contributed by atoms with van der Waals surface area (Å²) < 4.78 is 0. The number of hydrogen-bond acceptors (Lipinski definition) is 0. The van der Waals surface area contributed by atoms with Gasteiger partial charge in [-0.2, -0.15) is 0 Å². The largest absolute Gasteiger partial charge is 0.0807 e. The van der Waals surface area contributed by atoms with E-state index < -0.39 is 7.92 Å². The third-order valence-corrected chi connectivity index (χ3v) is 10.0. The molecule has 188 valence electrons. The molecule has 0 aliphatic heterocycles. The van der Waals surface area contributed by atoms with Crippen molar-refractivity contribution in [3.05, 3.63) is 121 Å². The zero-order valence-electron chi connectivity index (χ0n) is 22.0. The van der Waals surface area contributed by atoms with E-state index in [0.717, 1.165) is 0 Å². The van der Waals surface area contributed by atoms with Crippen LogP contribution in [0.2, 0.25) is 0 Å². The molecule has 0 spiro atoms. The van der Waals surface area contributed by atoms with E-state index in [1.54, 1.807) is 5.57 Å². The molecule has 0 fully saturated rings. The molecule has 0 radical (unpaired) electrons. The third-order valence-electron chi connectivity index (χ3n) is 7.53. The van der Waals surface area contributed by atoms with Crippen molar-refractivity contribution in [2.24, 2.45) is 0 Å². The lowest BCUT2D eigenvalue weighted by atomic mass is 9.90. The molecular formula is C36H39P. The van der Waals surface area contributed by atoms with Crippen LogP contribution in [-0.4, -0.2) is 0 Å². The van der Waals surface area contributed by atoms with Gasteiger partial charge in [-0.3, -0.25) is 0 Å². The highest BCUT2D eigenvalue weighted by Crippen LogP contribution is 2.39. The van der Waals surface area contributed by atoms with Gasteiger partial charge < -0.3 is 0 Å². The van der Waals surface area contributed by atoms with Crippen LogP contribution in [0.1, 0.15) is 69.8 Å². The van der Waals surface area contributed by atoms with Crippen molar-refractivity contribution in [2.45, 2.75) is 64.2 Å². The fraction of sp³-hybridized carbons (Fsp3) is 0.278. The Morgan fingerprint density at radius 2 is 0.892 bits per heavy atom. The molecule has 1 aliphatic carbocycles. The Labute approximate surface area is 225 Å². The lowest BCUT2D eigenvalue weighted by Gasteiger charge is -2.24. The summed E-state index contributed by atoms with van der Waals surface area (Å²) in [6.07, 6.45) is 15.9. The van der Waals surface area contributed by atoms with E-state index in [9.17, 15) is 0 Å². The molecule has 0 saturated heterocycles. The number of benzene rings is 4.